The van der Waals surface area contributed by atoms with Gasteiger partial charge in [-0.3, -0.25) is 4.79 Å². The predicted octanol–water partition coefficient (Wildman–Crippen LogP) is 2.77. The van der Waals surface area contributed by atoms with Crippen molar-refractivity contribution in [2.75, 3.05) is 6.61 Å². The van der Waals surface area contributed by atoms with Crippen LogP contribution in [0.5, 0.6) is 0 Å². The standard InChI is InChI=1S/C16H19N3O2S/c1-3-15(20)19(13-7-8-21-11(2)9-13)10-12-5-4-6-14-16(12)18-22-17-14/h3-6,11,13H,1,7-10H2,2H3. The number of nitrogens with zero attached hydrogens (tertiary/aromatic N) is 3. The molecule has 1 aromatic heterocycles. The number of rotatable bonds is 4. The number of hydrogen-bond acceptors (Lipinski definition) is 5. The molecule has 0 aliphatic carbocycles. The molecule has 0 radical (unpaired) electrons. The molecule has 6 heteroatoms. The Morgan fingerprint density at radius 1 is 1.55 bits per heavy atom. The summed E-state index contributed by atoms with van der Waals surface area (Å²) in [5.74, 6) is -0.0423. The van der Waals surface area contributed by atoms with Gasteiger partial charge >= 0.3 is 0 Å². The van der Waals surface area contributed by atoms with Crippen LogP contribution in [0.15, 0.2) is 30.9 Å². The van der Waals surface area contributed by atoms with E-state index in [0.29, 0.717) is 13.2 Å². The summed E-state index contributed by atoms with van der Waals surface area (Å²) in [6.45, 7) is 6.91. The van der Waals surface area contributed by atoms with E-state index in [4.69, 9.17) is 4.74 Å². The number of fused-ring (bicyclic) bond motifs is 1. The smallest absolute Gasteiger partial charge is 0.246 e. The molecule has 5 nitrogen and oxygen atoms in total. The average molecular weight is 317 g/mol. The van der Waals surface area contributed by atoms with E-state index in [0.717, 1.165) is 29.4 Å². The zero-order chi connectivity index (χ0) is 15.5. The van der Waals surface area contributed by atoms with Gasteiger partial charge < -0.3 is 9.64 Å². The Balaban J connectivity index is 1.88. The Morgan fingerprint density at radius 3 is 3.18 bits per heavy atom. The molecule has 116 valence electrons. The molecular formula is C16H19N3O2S. The van der Waals surface area contributed by atoms with Gasteiger partial charge in [0.05, 0.1) is 17.8 Å². The lowest BCUT2D eigenvalue weighted by Crippen LogP contribution is -2.44. The van der Waals surface area contributed by atoms with Gasteiger partial charge in [0.2, 0.25) is 5.91 Å². The van der Waals surface area contributed by atoms with Crippen LogP contribution in [0.2, 0.25) is 0 Å². The molecule has 1 aliphatic heterocycles. The van der Waals surface area contributed by atoms with E-state index in [1.54, 1.807) is 0 Å². The lowest BCUT2D eigenvalue weighted by molar-refractivity contribution is -0.132. The molecule has 2 aromatic rings. The SMILES string of the molecule is C=CC(=O)N(Cc1cccc2nsnc12)C1CCOC(C)C1. The van der Waals surface area contributed by atoms with Gasteiger partial charge in [-0.1, -0.05) is 18.7 Å². The highest BCUT2D eigenvalue weighted by Gasteiger charge is 2.28. The van der Waals surface area contributed by atoms with Gasteiger partial charge in [-0.05, 0) is 31.9 Å². The Kier molecular flexibility index (Phi) is 4.49. The summed E-state index contributed by atoms with van der Waals surface area (Å²) in [4.78, 5) is 14.2. The second-order valence-corrected chi connectivity index (χ2v) is 6.11. The van der Waals surface area contributed by atoms with Gasteiger partial charge in [0.25, 0.3) is 0 Å². The zero-order valence-electron chi connectivity index (χ0n) is 12.6. The van der Waals surface area contributed by atoms with E-state index in [9.17, 15) is 4.79 Å². The molecule has 2 heterocycles. The van der Waals surface area contributed by atoms with E-state index in [-0.39, 0.29) is 18.1 Å². The number of aromatic nitrogens is 2. The molecule has 1 saturated heterocycles. The summed E-state index contributed by atoms with van der Waals surface area (Å²) in [6, 6.07) is 6.09. The third-order valence-electron chi connectivity index (χ3n) is 4.07. The molecule has 1 aromatic carbocycles. The third-order valence-corrected chi connectivity index (χ3v) is 4.61. The number of amides is 1. The van der Waals surface area contributed by atoms with Gasteiger partial charge in [0.1, 0.15) is 11.0 Å². The van der Waals surface area contributed by atoms with Gasteiger partial charge in [-0.15, -0.1) is 0 Å². The molecule has 0 saturated carbocycles. The Labute approximate surface area is 133 Å². The molecule has 1 amide bonds. The molecule has 3 rings (SSSR count). The van der Waals surface area contributed by atoms with Crippen molar-refractivity contribution < 1.29 is 9.53 Å². The summed E-state index contributed by atoms with van der Waals surface area (Å²) in [5.41, 5.74) is 2.80. The topological polar surface area (TPSA) is 55.3 Å². The van der Waals surface area contributed by atoms with Gasteiger partial charge in [0, 0.05) is 24.8 Å². The van der Waals surface area contributed by atoms with Crippen LogP contribution in [0.3, 0.4) is 0 Å². The fraction of sp³-hybridized carbons (Fsp3) is 0.438. The molecule has 0 N–H and O–H groups in total. The normalized spacial score (nSPS) is 21.7. The van der Waals surface area contributed by atoms with Crippen molar-refractivity contribution in [1.29, 1.82) is 0 Å². The minimum absolute atomic E-state index is 0.0423. The largest absolute Gasteiger partial charge is 0.378 e. The van der Waals surface area contributed by atoms with Crippen LogP contribution >= 0.6 is 11.7 Å². The van der Waals surface area contributed by atoms with E-state index in [1.807, 2.05) is 30.0 Å². The molecule has 0 spiro atoms. The molecule has 1 aliphatic rings. The number of benzene rings is 1. The van der Waals surface area contributed by atoms with Gasteiger partial charge in [0.15, 0.2) is 0 Å². The zero-order valence-corrected chi connectivity index (χ0v) is 13.4. The maximum Gasteiger partial charge on any atom is 0.246 e. The van der Waals surface area contributed by atoms with E-state index < -0.39 is 0 Å². The van der Waals surface area contributed by atoms with Crippen LogP contribution in [0, 0.1) is 0 Å². The summed E-state index contributed by atoms with van der Waals surface area (Å²) in [7, 11) is 0. The van der Waals surface area contributed by atoms with Gasteiger partial charge in [-0.2, -0.15) is 8.75 Å². The second-order valence-electron chi connectivity index (χ2n) is 5.58. The number of hydrogen-bond donors (Lipinski definition) is 0. The molecule has 22 heavy (non-hydrogen) atoms. The van der Waals surface area contributed by atoms with Crippen LogP contribution in [0.4, 0.5) is 0 Å². The van der Waals surface area contributed by atoms with Crippen LogP contribution in [0.1, 0.15) is 25.3 Å². The quantitative estimate of drug-likeness (QED) is 0.814. The van der Waals surface area contributed by atoms with Crippen molar-refractivity contribution in [2.24, 2.45) is 0 Å². The van der Waals surface area contributed by atoms with Crippen molar-refractivity contribution in [3.05, 3.63) is 36.4 Å². The average Bonchev–Trinajstić information content (AvgIpc) is 3.01. The van der Waals surface area contributed by atoms with Crippen molar-refractivity contribution in [1.82, 2.24) is 13.6 Å². The summed E-state index contributed by atoms with van der Waals surface area (Å²) >= 11 is 1.20. The van der Waals surface area contributed by atoms with Crippen molar-refractivity contribution >= 4 is 28.7 Å². The van der Waals surface area contributed by atoms with Crippen LogP contribution < -0.4 is 0 Å². The first-order valence-electron chi connectivity index (χ1n) is 7.44. The van der Waals surface area contributed by atoms with Crippen molar-refractivity contribution in [3.8, 4) is 0 Å². The van der Waals surface area contributed by atoms with Crippen LogP contribution in [0.25, 0.3) is 11.0 Å². The fourth-order valence-electron chi connectivity index (χ4n) is 2.93. The van der Waals surface area contributed by atoms with Crippen LogP contribution in [-0.4, -0.2) is 38.3 Å². The Morgan fingerprint density at radius 2 is 2.41 bits per heavy atom. The van der Waals surface area contributed by atoms with Crippen LogP contribution in [-0.2, 0) is 16.1 Å². The molecule has 2 atom stereocenters. The lowest BCUT2D eigenvalue weighted by Gasteiger charge is -2.36. The monoisotopic (exact) mass is 317 g/mol. The first-order valence-corrected chi connectivity index (χ1v) is 8.17. The molecule has 2 unspecified atom stereocenters. The van der Waals surface area contributed by atoms with Gasteiger partial charge in [-0.25, -0.2) is 0 Å². The lowest BCUT2D eigenvalue weighted by atomic mass is 10.0. The fourth-order valence-corrected chi connectivity index (χ4v) is 3.50. The minimum Gasteiger partial charge on any atom is -0.378 e. The highest BCUT2D eigenvalue weighted by molar-refractivity contribution is 7.00. The summed E-state index contributed by atoms with van der Waals surface area (Å²) in [6.07, 6.45) is 3.27. The van der Waals surface area contributed by atoms with E-state index in [2.05, 4.69) is 15.3 Å². The van der Waals surface area contributed by atoms with Crippen molar-refractivity contribution in [2.45, 2.75) is 38.5 Å². The van der Waals surface area contributed by atoms with E-state index >= 15 is 0 Å². The Hall–Kier alpha value is -1.79. The highest BCUT2D eigenvalue weighted by atomic mass is 32.1. The number of ether oxygens (including phenoxy) is 1. The first kappa shape index (κ1) is 15.1. The molecule has 0 bridgehead atoms. The van der Waals surface area contributed by atoms with E-state index in [1.165, 1.54) is 17.8 Å². The van der Waals surface area contributed by atoms with Crippen molar-refractivity contribution in [3.63, 3.8) is 0 Å². The summed E-state index contributed by atoms with van der Waals surface area (Å²) in [5, 5.41) is 0. The third kappa shape index (κ3) is 3.03. The number of carbonyl (C=O) groups excluding carboxylic acids is 1. The maximum atomic E-state index is 12.3. The molecular weight excluding hydrogens is 298 g/mol. The minimum atomic E-state index is -0.0423. The summed E-state index contributed by atoms with van der Waals surface area (Å²) < 4.78 is 14.2. The highest BCUT2D eigenvalue weighted by Crippen LogP contribution is 2.24. The number of carbonyl (C=O) groups is 1. The predicted molar refractivity (Wildman–Crippen MR) is 86.6 cm³/mol. The Bertz CT molecular complexity index is 685. The molecule has 1 fully saturated rings. The maximum absolute atomic E-state index is 12.3. The first-order chi connectivity index (χ1) is 10.7. The second kappa shape index (κ2) is 6.54.